The summed E-state index contributed by atoms with van der Waals surface area (Å²) in [6.45, 7) is 6.43. The van der Waals surface area contributed by atoms with Gasteiger partial charge in [-0.25, -0.2) is 0 Å². The summed E-state index contributed by atoms with van der Waals surface area (Å²) in [5, 5.41) is 2.89. The molecule has 6 nitrogen and oxygen atoms in total. The first-order chi connectivity index (χ1) is 13.9. The average Bonchev–Trinajstić information content (AvgIpc) is 2.72. The van der Waals surface area contributed by atoms with E-state index in [1.807, 2.05) is 69.3 Å². The number of aromatic nitrogens is 2. The predicted molar refractivity (Wildman–Crippen MR) is 115 cm³/mol. The number of rotatable bonds is 7. The number of fused-ring (bicyclic) bond motifs is 1. The van der Waals surface area contributed by atoms with Gasteiger partial charge in [-0.05, 0) is 38.0 Å². The Morgan fingerprint density at radius 3 is 2.17 bits per heavy atom. The standard InChI is InChI=1S/C23H27N3O3/c1-4-17(3)24-21(27)13-14-25-19-7-5-6-8-20(19)26(23(29)22(25)28)15-18-11-9-16(2)10-12-18/h5-12,17H,4,13-15H2,1-3H3,(H,24,27). The quantitative estimate of drug-likeness (QED) is 0.628. The largest absolute Gasteiger partial charge is 0.354 e. The molecular weight excluding hydrogens is 366 g/mol. The van der Waals surface area contributed by atoms with Crippen LogP contribution >= 0.6 is 0 Å². The molecule has 0 fully saturated rings. The first-order valence-corrected chi connectivity index (χ1v) is 9.98. The van der Waals surface area contributed by atoms with Crippen molar-refractivity contribution in [1.82, 2.24) is 14.5 Å². The highest BCUT2D eigenvalue weighted by Gasteiger charge is 2.14. The maximum atomic E-state index is 12.9. The Kier molecular flexibility index (Phi) is 6.32. The molecule has 0 saturated heterocycles. The van der Waals surface area contributed by atoms with E-state index in [1.165, 1.54) is 9.13 Å². The van der Waals surface area contributed by atoms with Crippen LogP contribution in [0.15, 0.2) is 58.1 Å². The summed E-state index contributed by atoms with van der Waals surface area (Å²) in [5.74, 6) is -0.126. The Morgan fingerprint density at radius 2 is 1.55 bits per heavy atom. The zero-order valence-electron chi connectivity index (χ0n) is 17.1. The van der Waals surface area contributed by atoms with Crippen LogP contribution in [-0.4, -0.2) is 21.1 Å². The van der Waals surface area contributed by atoms with Crippen molar-refractivity contribution in [3.05, 3.63) is 80.4 Å². The first kappa shape index (κ1) is 20.6. The summed E-state index contributed by atoms with van der Waals surface area (Å²) < 4.78 is 2.93. The SMILES string of the molecule is CCC(C)NC(=O)CCn1c(=O)c(=O)n(Cc2ccc(C)cc2)c2ccccc21. The van der Waals surface area contributed by atoms with Gasteiger partial charge < -0.3 is 9.88 Å². The molecular formula is C23H27N3O3. The maximum absolute atomic E-state index is 12.9. The molecule has 1 unspecified atom stereocenters. The van der Waals surface area contributed by atoms with Crippen LogP contribution in [0.2, 0.25) is 0 Å². The first-order valence-electron chi connectivity index (χ1n) is 9.98. The van der Waals surface area contributed by atoms with E-state index >= 15 is 0 Å². The molecule has 1 amide bonds. The maximum Gasteiger partial charge on any atom is 0.317 e. The Labute approximate surface area is 169 Å². The molecule has 1 N–H and O–H groups in total. The molecule has 152 valence electrons. The molecule has 6 heteroatoms. The molecule has 0 radical (unpaired) electrons. The molecule has 29 heavy (non-hydrogen) atoms. The van der Waals surface area contributed by atoms with Gasteiger partial charge in [-0.1, -0.05) is 48.9 Å². The van der Waals surface area contributed by atoms with E-state index in [0.717, 1.165) is 17.5 Å². The molecule has 0 bridgehead atoms. The molecule has 0 spiro atoms. The number of hydrogen-bond donors (Lipinski definition) is 1. The lowest BCUT2D eigenvalue weighted by molar-refractivity contribution is -0.121. The Hall–Kier alpha value is -3.15. The zero-order chi connectivity index (χ0) is 21.0. The Balaban J connectivity index is 1.98. The van der Waals surface area contributed by atoms with E-state index in [0.29, 0.717) is 17.6 Å². The molecule has 3 aromatic rings. The van der Waals surface area contributed by atoms with Crippen LogP contribution in [0.4, 0.5) is 0 Å². The number of hydrogen-bond acceptors (Lipinski definition) is 3. The van der Waals surface area contributed by atoms with Crippen LogP contribution in [0.1, 0.15) is 37.8 Å². The van der Waals surface area contributed by atoms with Crippen molar-refractivity contribution in [3.63, 3.8) is 0 Å². The second-order valence-electron chi connectivity index (χ2n) is 7.45. The third-order valence-electron chi connectivity index (χ3n) is 5.18. The fourth-order valence-corrected chi connectivity index (χ4v) is 3.29. The Morgan fingerprint density at radius 1 is 0.966 bits per heavy atom. The van der Waals surface area contributed by atoms with E-state index in [4.69, 9.17) is 0 Å². The highest BCUT2D eigenvalue weighted by molar-refractivity contribution is 5.77. The van der Waals surface area contributed by atoms with E-state index in [1.54, 1.807) is 0 Å². The number of para-hydroxylation sites is 2. The van der Waals surface area contributed by atoms with Crippen molar-refractivity contribution in [2.75, 3.05) is 0 Å². The molecule has 0 aliphatic heterocycles. The number of carbonyl (C=O) groups excluding carboxylic acids is 1. The van der Waals surface area contributed by atoms with Crippen molar-refractivity contribution in [2.24, 2.45) is 0 Å². The second-order valence-corrected chi connectivity index (χ2v) is 7.45. The van der Waals surface area contributed by atoms with Gasteiger partial charge in [0.15, 0.2) is 0 Å². The monoisotopic (exact) mass is 393 g/mol. The van der Waals surface area contributed by atoms with Gasteiger partial charge in [0.05, 0.1) is 17.6 Å². The van der Waals surface area contributed by atoms with Gasteiger partial charge in [-0.3, -0.25) is 19.0 Å². The minimum Gasteiger partial charge on any atom is -0.354 e. The van der Waals surface area contributed by atoms with Crippen molar-refractivity contribution >= 4 is 16.9 Å². The molecule has 1 heterocycles. The summed E-state index contributed by atoms with van der Waals surface area (Å²) in [5.41, 5.74) is 2.24. The summed E-state index contributed by atoms with van der Waals surface area (Å²) >= 11 is 0. The topological polar surface area (TPSA) is 73.1 Å². The third kappa shape index (κ3) is 4.65. The van der Waals surface area contributed by atoms with Gasteiger partial charge >= 0.3 is 11.1 Å². The molecule has 0 aliphatic rings. The minimum atomic E-state index is -0.604. The fraction of sp³-hybridized carbons (Fsp3) is 0.348. The summed E-state index contributed by atoms with van der Waals surface area (Å²) in [6, 6.07) is 15.3. The lowest BCUT2D eigenvalue weighted by atomic mass is 10.1. The smallest absolute Gasteiger partial charge is 0.317 e. The molecule has 3 rings (SSSR count). The van der Waals surface area contributed by atoms with E-state index in [2.05, 4.69) is 5.32 Å². The molecule has 2 aromatic carbocycles. The van der Waals surface area contributed by atoms with Gasteiger partial charge in [0.25, 0.3) is 0 Å². The van der Waals surface area contributed by atoms with Crippen LogP contribution in [0.5, 0.6) is 0 Å². The number of nitrogens with one attached hydrogen (secondary N) is 1. The number of amides is 1. The highest BCUT2D eigenvalue weighted by atomic mass is 16.2. The van der Waals surface area contributed by atoms with Gasteiger partial charge in [-0.2, -0.15) is 0 Å². The van der Waals surface area contributed by atoms with Gasteiger partial charge in [0.1, 0.15) is 0 Å². The van der Waals surface area contributed by atoms with E-state index < -0.39 is 11.1 Å². The fourth-order valence-electron chi connectivity index (χ4n) is 3.29. The lowest BCUT2D eigenvalue weighted by Gasteiger charge is -2.16. The van der Waals surface area contributed by atoms with E-state index in [-0.39, 0.29) is 24.9 Å². The van der Waals surface area contributed by atoms with Crippen molar-refractivity contribution in [3.8, 4) is 0 Å². The predicted octanol–water partition coefficient (Wildman–Crippen LogP) is 2.82. The Bertz CT molecular complexity index is 1130. The normalized spacial score (nSPS) is 12.1. The van der Waals surface area contributed by atoms with Gasteiger partial charge in [-0.15, -0.1) is 0 Å². The van der Waals surface area contributed by atoms with Crippen LogP contribution in [0, 0.1) is 6.92 Å². The van der Waals surface area contributed by atoms with Crippen LogP contribution in [-0.2, 0) is 17.9 Å². The average molecular weight is 393 g/mol. The summed E-state index contributed by atoms with van der Waals surface area (Å²) in [6.07, 6.45) is 0.985. The van der Waals surface area contributed by atoms with Crippen molar-refractivity contribution in [2.45, 2.75) is 52.7 Å². The number of nitrogens with zero attached hydrogens (tertiary/aromatic N) is 2. The van der Waals surface area contributed by atoms with Crippen LogP contribution in [0.25, 0.3) is 11.0 Å². The summed E-state index contributed by atoms with van der Waals surface area (Å²) in [4.78, 5) is 37.9. The van der Waals surface area contributed by atoms with Crippen LogP contribution in [0.3, 0.4) is 0 Å². The zero-order valence-corrected chi connectivity index (χ0v) is 17.1. The van der Waals surface area contributed by atoms with Gasteiger partial charge in [0.2, 0.25) is 5.91 Å². The third-order valence-corrected chi connectivity index (χ3v) is 5.18. The second kappa shape index (κ2) is 8.90. The molecule has 1 atom stereocenters. The van der Waals surface area contributed by atoms with Crippen molar-refractivity contribution in [1.29, 1.82) is 0 Å². The van der Waals surface area contributed by atoms with Crippen molar-refractivity contribution < 1.29 is 4.79 Å². The summed E-state index contributed by atoms with van der Waals surface area (Å²) in [7, 11) is 0. The number of carbonyl (C=O) groups is 1. The molecule has 0 aliphatic carbocycles. The lowest BCUT2D eigenvalue weighted by Crippen LogP contribution is -2.42. The molecule has 0 saturated carbocycles. The van der Waals surface area contributed by atoms with E-state index in [9.17, 15) is 14.4 Å². The highest BCUT2D eigenvalue weighted by Crippen LogP contribution is 2.13. The number of aryl methyl sites for hydroxylation is 2. The van der Waals surface area contributed by atoms with Crippen LogP contribution < -0.4 is 16.4 Å². The minimum absolute atomic E-state index is 0.0819. The van der Waals surface area contributed by atoms with Gasteiger partial charge in [0, 0.05) is 19.0 Å². The number of benzene rings is 2. The molecule has 1 aromatic heterocycles.